The summed E-state index contributed by atoms with van der Waals surface area (Å²) in [7, 11) is -1.02. The van der Waals surface area contributed by atoms with Gasteiger partial charge in [0.05, 0.1) is 14.2 Å². The van der Waals surface area contributed by atoms with E-state index in [1.54, 1.807) is 37.3 Å². The third-order valence-electron chi connectivity index (χ3n) is 3.78. The summed E-state index contributed by atoms with van der Waals surface area (Å²) < 4.78 is 44.1. The summed E-state index contributed by atoms with van der Waals surface area (Å²) in [5.74, 6) is 0.795. The molecule has 0 aliphatic carbocycles. The van der Waals surface area contributed by atoms with Crippen LogP contribution in [0.1, 0.15) is 11.1 Å². The average Bonchev–Trinajstić information content (AvgIpc) is 2.96. The summed E-state index contributed by atoms with van der Waals surface area (Å²) in [5.41, 5.74) is 1.90. The molecule has 2 aromatic carbocycles. The van der Waals surface area contributed by atoms with E-state index in [1.165, 1.54) is 14.2 Å². The van der Waals surface area contributed by atoms with Crippen molar-refractivity contribution in [1.82, 2.24) is 5.16 Å². The Kier molecular flexibility index (Phi) is 4.30. The Morgan fingerprint density at radius 3 is 2.48 bits per heavy atom. The number of nitrogens with one attached hydrogen (secondary N) is 1. The number of methoxy groups -OCH3 is 2. The van der Waals surface area contributed by atoms with Crippen LogP contribution >= 0.6 is 0 Å². The first-order valence-electron chi connectivity index (χ1n) is 7.48. The summed E-state index contributed by atoms with van der Waals surface area (Å²) in [6, 6.07) is 8.56. The van der Waals surface area contributed by atoms with Crippen LogP contribution in [0, 0.1) is 13.8 Å². The molecule has 3 aromatic rings. The third-order valence-corrected chi connectivity index (χ3v) is 5.31. The summed E-state index contributed by atoms with van der Waals surface area (Å²) in [6.07, 6.45) is 0. The Hall–Kier alpha value is -2.74. The number of fused-ring (bicyclic) bond motifs is 1. The molecule has 0 aliphatic rings. The Bertz CT molecular complexity index is 1040. The first-order valence-corrected chi connectivity index (χ1v) is 8.96. The number of nitrogens with zero attached hydrogens (tertiary/aromatic N) is 1. The smallest absolute Gasteiger partial charge is 0.267 e. The van der Waals surface area contributed by atoms with Crippen molar-refractivity contribution in [3.05, 3.63) is 41.5 Å². The maximum absolute atomic E-state index is 12.9. The van der Waals surface area contributed by atoms with Crippen LogP contribution in [0.2, 0.25) is 0 Å². The minimum Gasteiger partial charge on any atom is -0.496 e. The molecule has 0 amide bonds. The van der Waals surface area contributed by atoms with Crippen molar-refractivity contribution in [3.8, 4) is 11.5 Å². The number of hydrogen-bond acceptors (Lipinski definition) is 6. The van der Waals surface area contributed by atoms with E-state index in [2.05, 4.69) is 9.88 Å². The Morgan fingerprint density at radius 1 is 1.08 bits per heavy atom. The summed E-state index contributed by atoms with van der Waals surface area (Å²) in [4.78, 5) is 0.0617. The van der Waals surface area contributed by atoms with Gasteiger partial charge in [0.1, 0.15) is 21.8 Å². The van der Waals surface area contributed by atoms with E-state index in [1.807, 2.05) is 6.92 Å². The molecule has 3 rings (SSSR count). The molecule has 0 aliphatic heterocycles. The maximum Gasteiger partial charge on any atom is 0.267 e. The van der Waals surface area contributed by atoms with Crippen LogP contribution in [0.3, 0.4) is 0 Å². The molecule has 1 aromatic heterocycles. The first kappa shape index (κ1) is 17.1. The van der Waals surface area contributed by atoms with Gasteiger partial charge in [-0.1, -0.05) is 17.3 Å². The number of sulfonamides is 1. The van der Waals surface area contributed by atoms with Gasteiger partial charge in [0.2, 0.25) is 0 Å². The van der Waals surface area contributed by atoms with E-state index < -0.39 is 10.0 Å². The van der Waals surface area contributed by atoms with Gasteiger partial charge in [-0.15, -0.1) is 0 Å². The van der Waals surface area contributed by atoms with Gasteiger partial charge in [-0.25, -0.2) is 8.42 Å². The molecule has 7 nitrogen and oxygen atoms in total. The standard InChI is InChI=1S/C17H18N2O5S/c1-10-8-11(2)16(14(9-10)23-4)25(20,21)19-17-15-12(22-3)6-5-7-13(15)24-18-17/h5-9H,1-4H3,(H,18,19). The van der Waals surface area contributed by atoms with Gasteiger partial charge < -0.3 is 14.0 Å². The number of ether oxygens (including phenoxy) is 2. The summed E-state index contributed by atoms with van der Waals surface area (Å²) in [5, 5.41) is 4.29. The van der Waals surface area contributed by atoms with Gasteiger partial charge in [0.15, 0.2) is 11.4 Å². The number of aryl methyl sites for hydroxylation is 2. The van der Waals surface area contributed by atoms with Crippen molar-refractivity contribution < 1.29 is 22.4 Å². The predicted molar refractivity (Wildman–Crippen MR) is 93.8 cm³/mol. The zero-order valence-electron chi connectivity index (χ0n) is 14.3. The molecule has 0 saturated carbocycles. The van der Waals surface area contributed by atoms with E-state index in [0.29, 0.717) is 22.3 Å². The quantitative estimate of drug-likeness (QED) is 0.749. The van der Waals surface area contributed by atoms with Crippen LogP contribution in [0.4, 0.5) is 5.82 Å². The zero-order valence-corrected chi connectivity index (χ0v) is 15.1. The second-order valence-corrected chi connectivity index (χ2v) is 7.20. The Morgan fingerprint density at radius 2 is 1.80 bits per heavy atom. The number of rotatable bonds is 5. The van der Waals surface area contributed by atoms with E-state index in [4.69, 9.17) is 14.0 Å². The minimum absolute atomic E-state index is 0.0617. The van der Waals surface area contributed by atoms with Gasteiger partial charge in [-0.05, 0) is 43.2 Å². The molecule has 0 atom stereocenters. The molecule has 1 N–H and O–H groups in total. The number of benzene rings is 2. The molecular formula is C17H18N2O5S. The fourth-order valence-electron chi connectivity index (χ4n) is 2.79. The van der Waals surface area contributed by atoms with Crippen molar-refractivity contribution in [3.63, 3.8) is 0 Å². The van der Waals surface area contributed by atoms with Gasteiger partial charge in [-0.3, -0.25) is 4.72 Å². The first-order chi connectivity index (χ1) is 11.9. The highest BCUT2D eigenvalue weighted by molar-refractivity contribution is 7.92. The minimum atomic E-state index is -3.94. The van der Waals surface area contributed by atoms with Crippen LogP contribution in [-0.4, -0.2) is 27.8 Å². The average molecular weight is 362 g/mol. The van der Waals surface area contributed by atoms with E-state index in [-0.39, 0.29) is 16.5 Å². The van der Waals surface area contributed by atoms with Gasteiger partial charge in [0, 0.05) is 0 Å². The highest BCUT2D eigenvalue weighted by atomic mass is 32.2. The monoisotopic (exact) mass is 362 g/mol. The van der Waals surface area contributed by atoms with Gasteiger partial charge >= 0.3 is 0 Å². The second-order valence-electron chi connectivity index (χ2n) is 5.58. The normalized spacial score (nSPS) is 11.5. The highest BCUT2D eigenvalue weighted by Gasteiger charge is 2.26. The molecule has 1 heterocycles. The largest absolute Gasteiger partial charge is 0.496 e. The van der Waals surface area contributed by atoms with Crippen molar-refractivity contribution in [2.45, 2.75) is 18.7 Å². The van der Waals surface area contributed by atoms with E-state index in [0.717, 1.165) is 5.56 Å². The Balaban J connectivity index is 2.13. The van der Waals surface area contributed by atoms with Gasteiger partial charge in [-0.2, -0.15) is 0 Å². The molecule has 0 fully saturated rings. The van der Waals surface area contributed by atoms with Crippen LogP contribution in [0.5, 0.6) is 11.5 Å². The second kappa shape index (κ2) is 6.29. The molecule has 8 heteroatoms. The van der Waals surface area contributed by atoms with E-state index >= 15 is 0 Å². The SMILES string of the molecule is COc1cc(C)cc(C)c1S(=O)(=O)Nc1noc2cccc(OC)c12. The fourth-order valence-corrected chi connectivity index (χ4v) is 4.18. The molecule has 132 valence electrons. The highest BCUT2D eigenvalue weighted by Crippen LogP contribution is 2.35. The molecule has 0 bridgehead atoms. The van der Waals surface area contributed by atoms with Gasteiger partial charge in [0.25, 0.3) is 10.0 Å². The lowest BCUT2D eigenvalue weighted by Crippen LogP contribution is -2.16. The molecular weight excluding hydrogens is 344 g/mol. The molecule has 0 radical (unpaired) electrons. The lowest BCUT2D eigenvalue weighted by Gasteiger charge is -2.14. The van der Waals surface area contributed by atoms with Crippen molar-refractivity contribution in [1.29, 1.82) is 0 Å². The van der Waals surface area contributed by atoms with Crippen LogP contribution < -0.4 is 14.2 Å². The van der Waals surface area contributed by atoms with Crippen LogP contribution in [0.25, 0.3) is 11.0 Å². The van der Waals surface area contributed by atoms with Crippen molar-refractivity contribution >= 4 is 26.8 Å². The Labute approximate surface area is 145 Å². The maximum atomic E-state index is 12.9. The number of anilines is 1. The number of hydrogen-bond donors (Lipinski definition) is 1. The van der Waals surface area contributed by atoms with Crippen LogP contribution in [0.15, 0.2) is 39.8 Å². The molecule has 0 unspecified atom stereocenters. The number of aromatic nitrogens is 1. The predicted octanol–water partition coefficient (Wildman–Crippen LogP) is 3.26. The summed E-state index contributed by atoms with van der Waals surface area (Å²) >= 11 is 0. The fraction of sp³-hybridized carbons (Fsp3) is 0.235. The van der Waals surface area contributed by atoms with Crippen LogP contribution in [-0.2, 0) is 10.0 Å². The molecule has 25 heavy (non-hydrogen) atoms. The lowest BCUT2D eigenvalue weighted by atomic mass is 10.1. The lowest BCUT2D eigenvalue weighted by molar-refractivity contribution is 0.402. The topological polar surface area (TPSA) is 90.7 Å². The van der Waals surface area contributed by atoms with Crippen molar-refractivity contribution in [2.24, 2.45) is 0 Å². The molecule has 0 saturated heterocycles. The molecule has 0 spiro atoms. The zero-order chi connectivity index (χ0) is 18.2. The van der Waals surface area contributed by atoms with Crippen molar-refractivity contribution in [2.75, 3.05) is 18.9 Å². The van der Waals surface area contributed by atoms with E-state index in [9.17, 15) is 8.42 Å². The third kappa shape index (κ3) is 3.00. The summed E-state index contributed by atoms with van der Waals surface area (Å²) in [6.45, 7) is 3.58.